The molecule has 4 rings (SSSR count). The molecule has 104 valence electrons. The van der Waals surface area contributed by atoms with Gasteiger partial charge in [-0.3, -0.25) is 14.2 Å². The van der Waals surface area contributed by atoms with E-state index in [9.17, 15) is 4.79 Å². The van der Waals surface area contributed by atoms with Crippen molar-refractivity contribution in [3.05, 3.63) is 22.7 Å². The quantitative estimate of drug-likeness (QED) is 0.631. The fourth-order valence-electron chi connectivity index (χ4n) is 2.53. The Bertz CT molecular complexity index is 810. The highest BCUT2D eigenvalue weighted by atomic mass is 16.5. The summed E-state index contributed by atoms with van der Waals surface area (Å²) in [4.78, 5) is 26.2. The lowest BCUT2D eigenvalue weighted by molar-refractivity contribution is 0.0903. The Kier molecular flexibility index (Phi) is 2.49. The van der Waals surface area contributed by atoms with Crippen LogP contribution in [-0.4, -0.2) is 43.6 Å². The first-order valence-corrected chi connectivity index (χ1v) is 6.60. The van der Waals surface area contributed by atoms with Gasteiger partial charge in [0.2, 0.25) is 11.7 Å². The first-order chi connectivity index (χ1) is 9.81. The molecule has 4 heterocycles. The summed E-state index contributed by atoms with van der Waals surface area (Å²) in [6.45, 7) is 1.51. The van der Waals surface area contributed by atoms with Crippen molar-refractivity contribution in [2.75, 3.05) is 18.5 Å². The molecule has 0 spiro atoms. The summed E-state index contributed by atoms with van der Waals surface area (Å²) in [5.74, 6) is 1.10. The highest BCUT2D eigenvalue weighted by Crippen LogP contribution is 2.15. The number of ether oxygens (including phenoxy) is 1. The first-order valence-electron chi connectivity index (χ1n) is 6.60. The van der Waals surface area contributed by atoms with Crippen molar-refractivity contribution >= 4 is 22.9 Å². The van der Waals surface area contributed by atoms with Gasteiger partial charge >= 0.3 is 0 Å². The third-order valence-corrected chi connectivity index (χ3v) is 3.57. The molecule has 0 aliphatic carbocycles. The Morgan fingerprint density at radius 2 is 2.20 bits per heavy atom. The maximum Gasteiger partial charge on any atom is 0.278 e. The number of nitrogens with zero attached hydrogens (tertiary/aromatic N) is 3. The lowest BCUT2D eigenvalue weighted by atomic mass is 10.1. The molecular formula is C12H14N6O2. The molecule has 1 aliphatic heterocycles. The molecule has 0 unspecified atom stereocenters. The first kappa shape index (κ1) is 11.5. The second-order valence-corrected chi connectivity index (χ2v) is 4.89. The number of hydrogen-bond acceptors (Lipinski definition) is 5. The van der Waals surface area contributed by atoms with Gasteiger partial charge in [0, 0.05) is 31.6 Å². The number of anilines is 1. The highest BCUT2D eigenvalue weighted by molar-refractivity contribution is 5.75. The van der Waals surface area contributed by atoms with E-state index in [-0.39, 0.29) is 5.56 Å². The van der Waals surface area contributed by atoms with Gasteiger partial charge in [-0.05, 0) is 12.8 Å². The second kappa shape index (κ2) is 4.34. The van der Waals surface area contributed by atoms with Crippen LogP contribution in [0.15, 0.2) is 17.2 Å². The van der Waals surface area contributed by atoms with Gasteiger partial charge < -0.3 is 15.0 Å². The van der Waals surface area contributed by atoms with E-state index in [0.29, 0.717) is 28.9 Å². The van der Waals surface area contributed by atoms with Gasteiger partial charge in [0.15, 0.2) is 11.2 Å². The molecule has 0 bridgehead atoms. The maximum atomic E-state index is 12.0. The monoisotopic (exact) mass is 274 g/mol. The van der Waals surface area contributed by atoms with Crippen molar-refractivity contribution < 1.29 is 4.74 Å². The number of imidazole rings is 2. The van der Waals surface area contributed by atoms with Gasteiger partial charge in [0.1, 0.15) is 0 Å². The van der Waals surface area contributed by atoms with E-state index < -0.39 is 0 Å². The molecule has 3 aromatic heterocycles. The van der Waals surface area contributed by atoms with Crippen molar-refractivity contribution in [1.82, 2.24) is 24.3 Å². The predicted molar refractivity (Wildman–Crippen MR) is 72.9 cm³/mol. The summed E-state index contributed by atoms with van der Waals surface area (Å²) < 4.78 is 7.08. The number of fused-ring (bicyclic) bond motifs is 3. The van der Waals surface area contributed by atoms with Crippen molar-refractivity contribution in [2.24, 2.45) is 0 Å². The normalized spacial score (nSPS) is 17.0. The molecule has 8 heteroatoms. The molecule has 3 aromatic rings. The van der Waals surface area contributed by atoms with Crippen molar-refractivity contribution in [1.29, 1.82) is 0 Å². The molecular weight excluding hydrogens is 260 g/mol. The third kappa shape index (κ3) is 1.76. The molecule has 0 amide bonds. The number of rotatable bonds is 2. The standard InChI is InChI=1S/C12H14N6O2/c19-10-8-9(18-4-3-13-12(18)17-10)16-11(15-8)14-7-1-5-20-6-2-7/h3-4,7H,1-2,5-6H2,(H,13,17,19)(H2,14,15,16). The van der Waals surface area contributed by atoms with E-state index in [1.807, 2.05) is 0 Å². The number of H-pyrrole nitrogens is 2. The predicted octanol–water partition coefficient (Wildman–Crippen LogP) is 0.490. The average molecular weight is 274 g/mol. The summed E-state index contributed by atoms with van der Waals surface area (Å²) in [7, 11) is 0. The van der Waals surface area contributed by atoms with Gasteiger partial charge in [-0.25, -0.2) is 4.98 Å². The van der Waals surface area contributed by atoms with Gasteiger partial charge in [-0.2, -0.15) is 4.98 Å². The van der Waals surface area contributed by atoms with Crippen LogP contribution in [0.3, 0.4) is 0 Å². The summed E-state index contributed by atoms with van der Waals surface area (Å²) in [6, 6.07) is 0.321. The van der Waals surface area contributed by atoms with Crippen molar-refractivity contribution in [3.63, 3.8) is 0 Å². The SMILES string of the molecule is O=c1[nH]c2nccn2c2nc(NC3CCOCC3)[nH]c12. The van der Waals surface area contributed by atoms with Crippen molar-refractivity contribution in [3.8, 4) is 0 Å². The molecule has 0 saturated carbocycles. The topological polar surface area (TPSA) is 100 Å². The molecule has 0 aromatic carbocycles. The lowest BCUT2D eigenvalue weighted by Gasteiger charge is -2.22. The number of aromatic amines is 2. The Hall–Kier alpha value is -2.35. The molecule has 1 saturated heterocycles. The molecule has 0 radical (unpaired) electrons. The Labute approximate surface area is 113 Å². The zero-order chi connectivity index (χ0) is 13.5. The number of nitrogens with one attached hydrogen (secondary N) is 3. The van der Waals surface area contributed by atoms with E-state index in [0.717, 1.165) is 26.1 Å². The van der Waals surface area contributed by atoms with Crippen LogP contribution in [0.5, 0.6) is 0 Å². The smallest absolute Gasteiger partial charge is 0.278 e. The van der Waals surface area contributed by atoms with Crippen LogP contribution in [0.1, 0.15) is 12.8 Å². The molecule has 8 nitrogen and oxygen atoms in total. The van der Waals surface area contributed by atoms with E-state index >= 15 is 0 Å². The van der Waals surface area contributed by atoms with E-state index in [2.05, 4.69) is 25.3 Å². The zero-order valence-electron chi connectivity index (χ0n) is 10.7. The minimum Gasteiger partial charge on any atom is -0.381 e. The fraction of sp³-hybridized carbons (Fsp3) is 0.417. The summed E-state index contributed by atoms with van der Waals surface area (Å²) in [5.41, 5.74) is 0.812. The summed E-state index contributed by atoms with van der Waals surface area (Å²) >= 11 is 0. The van der Waals surface area contributed by atoms with E-state index in [1.165, 1.54) is 0 Å². The zero-order valence-corrected chi connectivity index (χ0v) is 10.7. The maximum absolute atomic E-state index is 12.0. The fourth-order valence-corrected chi connectivity index (χ4v) is 2.53. The molecule has 3 N–H and O–H groups in total. The molecule has 20 heavy (non-hydrogen) atoms. The van der Waals surface area contributed by atoms with Crippen molar-refractivity contribution in [2.45, 2.75) is 18.9 Å². The van der Waals surface area contributed by atoms with Crippen LogP contribution >= 0.6 is 0 Å². The second-order valence-electron chi connectivity index (χ2n) is 4.89. The van der Waals surface area contributed by atoms with Crippen LogP contribution in [0.25, 0.3) is 16.9 Å². The minimum absolute atomic E-state index is 0.216. The van der Waals surface area contributed by atoms with Crippen LogP contribution in [0.4, 0.5) is 5.95 Å². The largest absolute Gasteiger partial charge is 0.381 e. The average Bonchev–Trinajstić information content (AvgIpc) is 3.06. The molecule has 1 aliphatic rings. The number of hydrogen-bond donors (Lipinski definition) is 3. The van der Waals surface area contributed by atoms with Crippen LogP contribution in [-0.2, 0) is 4.74 Å². The van der Waals surface area contributed by atoms with Gasteiger partial charge in [0.25, 0.3) is 5.56 Å². The van der Waals surface area contributed by atoms with Gasteiger partial charge in [-0.1, -0.05) is 0 Å². The van der Waals surface area contributed by atoms with Crippen LogP contribution in [0, 0.1) is 0 Å². The Morgan fingerprint density at radius 3 is 3.05 bits per heavy atom. The van der Waals surface area contributed by atoms with Gasteiger partial charge in [-0.15, -0.1) is 0 Å². The third-order valence-electron chi connectivity index (χ3n) is 3.57. The van der Waals surface area contributed by atoms with Gasteiger partial charge in [0.05, 0.1) is 0 Å². The highest BCUT2D eigenvalue weighted by Gasteiger charge is 2.16. The molecule has 0 atom stereocenters. The Morgan fingerprint density at radius 1 is 1.35 bits per heavy atom. The molecule has 1 fully saturated rings. The Balaban J connectivity index is 1.77. The van der Waals surface area contributed by atoms with Crippen LogP contribution in [0.2, 0.25) is 0 Å². The lowest BCUT2D eigenvalue weighted by Crippen LogP contribution is -2.28. The van der Waals surface area contributed by atoms with Crippen LogP contribution < -0.4 is 10.9 Å². The van der Waals surface area contributed by atoms with E-state index in [1.54, 1.807) is 16.8 Å². The number of aromatic nitrogens is 5. The minimum atomic E-state index is -0.216. The summed E-state index contributed by atoms with van der Waals surface area (Å²) in [5, 5.41) is 3.32. The van der Waals surface area contributed by atoms with E-state index in [4.69, 9.17) is 4.74 Å². The summed E-state index contributed by atoms with van der Waals surface area (Å²) in [6.07, 6.45) is 5.28.